The zero-order valence-electron chi connectivity index (χ0n) is 10.4. The number of aliphatic hydroxyl groups is 1. The Hall–Kier alpha value is -1.39. The van der Waals surface area contributed by atoms with Crippen molar-refractivity contribution in [3.05, 3.63) is 35.8 Å². The molecule has 0 unspecified atom stereocenters. The highest BCUT2D eigenvalue weighted by atomic mass is 16.3. The van der Waals surface area contributed by atoms with Crippen molar-refractivity contribution in [2.24, 2.45) is 0 Å². The molecule has 4 heteroatoms. The van der Waals surface area contributed by atoms with Crippen molar-refractivity contribution in [1.29, 1.82) is 0 Å². The van der Waals surface area contributed by atoms with Crippen LogP contribution in [0.2, 0.25) is 0 Å². The number of likely N-dealkylation sites (N-methyl/N-ethyl adjacent to an activating group) is 1. The SMILES string of the molecule is CCN(CCO)Cc1cnc2c(C)cccn12. The third kappa shape index (κ3) is 2.48. The van der Waals surface area contributed by atoms with Gasteiger partial charge in [0.1, 0.15) is 5.65 Å². The summed E-state index contributed by atoms with van der Waals surface area (Å²) in [7, 11) is 0. The summed E-state index contributed by atoms with van der Waals surface area (Å²) in [4.78, 5) is 6.64. The van der Waals surface area contributed by atoms with Crippen molar-refractivity contribution in [2.75, 3.05) is 19.7 Å². The molecule has 1 N–H and O–H groups in total. The zero-order chi connectivity index (χ0) is 12.3. The van der Waals surface area contributed by atoms with Crippen LogP contribution in [0.5, 0.6) is 0 Å². The van der Waals surface area contributed by atoms with Crippen LogP contribution in [0.15, 0.2) is 24.5 Å². The maximum Gasteiger partial charge on any atom is 0.139 e. The topological polar surface area (TPSA) is 40.8 Å². The average Bonchev–Trinajstić information content (AvgIpc) is 2.73. The predicted molar refractivity (Wildman–Crippen MR) is 68.0 cm³/mol. The summed E-state index contributed by atoms with van der Waals surface area (Å²) >= 11 is 0. The summed E-state index contributed by atoms with van der Waals surface area (Å²) in [5.41, 5.74) is 3.37. The molecule has 0 aliphatic heterocycles. The summed E-state index contributed by atoms with van der Waals surface area (Å²) in [6.07, 6.45) is 3.96. The Morgan fingerprint density at radius 1 is 1.47 bits per heavy atom. The third-order valence-corrected chi connectivity index (χ3v) is 3.06. The average molecular weight is 233 g/mol. The van der Waals surface area contributed by atoms with Gasteiger partial charge in [0, 0.05) is 19.3 Å². The molecule has 0 radical (unpaired) electrons. The molecule has 0 atom stereocenters. The van der Waals surface area contributed by atoms with Crippen LogP contribution in [0, 0.1) is 6.92 Å². The van der Waals surface area contributed by atoms with Crippen LogP contribution >= 0.6 is 0 Å². The number of hydrogen-bond acceptors (Lipinski definition) is 3. The minimum absolute atomic E-state index is 0.198. The number of imidazole rings is 1. The molecule has 0 aliphatic rings. The van der Waals surface area contributed by atoms with Gasteiger partial charge in [0.25, 0.3) is 0 Å². The van der Waals surface area contributed by atoms with Crippen molar-refractivity contribution in [1.82, 2.24) is 14.3 Å². The predicted octanol–water partition coefficient (Wildman–Crippen LogP) is 1.46. The van der Waals surface area contributed by atoms with Crippen LogP contribution in [0.4, 0.5) is 0 Å². The van der Waals surface area contributed by atoms with E-state index in [-0.39, 0.29) is 6.61 Å². The molecule has 0 aromatic carbocycles. The van der Waals surface area contributed by atoms with Gasteiger partial charge in [-0.05, 0) is 25.1 Å². The second-order valence-electron chi connectivity index (χ2n) is 4.23. The molecule has 2 aromatic rings. The van der Waals surface area contributed by atoms with E-state index in [4.69, 9.17) is 5.11 Å². The van der Waals surface area contributed by atoms with Crippen molar-refractivity contribution in [3.63, 3.8) is 0 Å². The molecule has 17 heavy (non-hydrogen) atoms. The van der Waals surface area contributed by atoms with Crippen LogP contribution in [-0.2, 0) is 6.54 Å². The lowest BCUT2D eigenvalue weighted by molar-refractivity contribution is 0.195. The maximum atomic E-state index is 8.99. The van der Waals surface area contributed by atoms with Gasteiger partial charge in [-0.15, -0.1) is 0 Å². The molecule has 2 heterocycles. The molecule has 0 spiro atoms. The van der Waals surface area contributed by atoms with Gasteiger partial charge in [0.2, 0.25) is 0 Å². The van der Waals surface area contributed by atoms with Gasteiger partial charge >= 0.3 is 0 Å². The molecule has 2 aromatic heterocycles. The van der Waals surface area contributed by atoms with Gasteiger partial charge in [-0.3, -0.25) is 4.90 Å². The fourth-order valence-corrected chi connectivity index (χ4v) is 2.04. The lowest BCUT2D eigenvalue weighted by atomic mass is 10.3. The normalized spacial score (nSPS) is 11.5. The number of hydrogen-bond donors (Lipinski definition) is 1. The van der Waals surface area contributed by atoms with Gasteiger partial charge in [-0.1, -0.05) is 13.0 Å². The number of rotatable bonds is 5. The van der Waals surface area contributed by atoms with Gasteiger partial charge < -0.3 is 9.51 Å². The number of aromatic nitrogens is 2. The van der Waals surface area contributed by atoms with E-state index in [2.05, 4.69) is 34.2 Å². The van der Waals surface area contributed by atoms with E-state index in [1.165, 1.54) is 11.3 Å². The molecular weight excluding hydrogens is 214 g/mol. The van der Waals surface area contributed by atoms with Crippen LogP contribution in [0.3, 0.4) is 0 Å². The lowest BCUT2D eigenvalue weighted by Crippen LogP contribution is -2.26. The third-order valence-electron chi connectivity index (χ3n) is 3.06. The van der Waals surface area contributed by atoms with Gasteiger partial charge in [-0.25, -0.2) is 4.98 Å². The molecule has 0 amide bonds. The first kappa shape index (κ1) is 12.1. The lowest BCUT2D eigenvalue weighted by Gasteiger charge is -2.18. The van der Waals surface area contributed by atoms with E-state index in [9.17, 15) is 0 Å². The fourth-order valence-electron chi connectivity index (χ4n) is 2.04. The Labute approximate surface area is 102 Å². The highest BCUT2D eigenvalue weighted by molar-refractivity contribution is 5.48. The van der Waals surface area contributed by atoms with Crippen LogP contribution in [-0.4, -0.2) is 39.1 Å². The second kappa shape index (κ2) is 5.29. The summed E-state index contributed by atoms with van der Waals surface area (Å²) in [5, 5.41) is 8.99. The Balaban J connectivity index is 2.27. The van der Waals surface area contributed by atoms with E-state index < -0.39 is 0 Å². The number of nitrogens with zero attached hydrogens (tertiary/aromatic N) is 3. The van der Waals surface area contributed by atoms with Gasteiger partial charge in [-0.2, -0.15) is 0 Å². The Morgan fingerprint density at radius 3 is 3.00 bits per heavy atom. The highest BCUT2D eigenvalue weighted by Gasteiger charge is 2.08. The molecule has 0 fully saturated rings. The van der Waals surface area contributed by atoms with Crippen LogP contribution in [0.25, 0.3) is 5.65 Å². The zero-order valence-corrected chi connectivity index (χ0v) is 10.4. The van der Waals surface area contributed by atoms with Crippen LogP contribution < -0.4 is 0 Å². The number of pyridine rings is 1. The summed E-state index contributed by atoms with van der Waals surface area (Å²) < 4.78 is 2.12. The smallest absolute Gasteiger partial charge is 0.139 e. The highest BCUT2D eigenvalue weighted by Crippen LogP contribution is 2.12. The van der Waals surface area contributed by atoms with Gasteiger partial charge in [0.15, 0.2) is 0 Å². The van der Waals surface area contributed by atoms with Gasteiger partial charge in [0.05, 0.1) is 18.5 Å². The van der Waals surface area contributed by atoms with E-state index in [1.54, 1.807) is 0 Å². The van der Waals surface area contributed by atoms with E-state index in [0.717, 1.165) is 18.7 Å². The minimum Gasteiger partial charge on any atom is -0.395 e. The van der Waals surface area contributed by atoms with Crippen molar-refractivity contribution >= 4 is 5.65 Å². The molecule has 0 saturated carbocycles. The molecule has 2 rings (SSSR count). The molecule has 0 saturated heterocycles. The minimum atomic E-state index is 0.198. The summed E-state index contributed by atoms with van der Waals surface area (Å²) in [5.74, 6) is 0. The first-order chi connectivity index (χ1) is 8.26. The number of fused-ring (bicyclic) bond motifs is 1. The molecule has 4 nitrogen and oxygen atoms in total. The Kier molecular flexibility index (Phi) is 3.76. The first-order valence-electron chi connectivity index (χ1n) is 6.01. The monoisotopic (exact) mass is 233 g/mol. The Morgan fingerprint density at radius 2 is 2.29 bits per heavy atom. The second-order valence-corrected chi connectivity index (χ2v) is 4.23. The van der Waals surface area contributed by atoms with E-state index in [1.807, 2.05) is 18.5 Å². The number of aryl methyl sites for hydroxylation is 1. The van der Waals surface area contributed by atoms with Crippen molar-refractivity contribution in [2.45, 2.75) is 20.4 Å². The number of aliphatic hydroxyl groups excluding tert-OH is 1. The van der Waals surface area contributed by atoms with Crippen LogP contribution in [0.1, 0.15) is 18.2 Å². The van der Waals surface area contributed by atoms with Crippen molar-refractivity contribution in [3.8, 4) is 0 Å². The largest absolute Gasteiger partial charge is 0.395 e. The summed E-state index contributed by atoms with van der Waals surface area (Å²) in [6, 6.07) is 4.10. The Bertz CT molecular complexity index is 492. The molecule has 0 bridgehead atoms. The molecule has 92 valence electrons. The molecule has 0 aliphatic carbocycles. The fraction of sp³-hybridized carbons (Fsp3) is 0.462. The maximum absolute atomic E-state index is 8.99. The summed E-state index contributed by atoms with van der Waals surface area (Å²) in [6.45, 7) is 6.82. The standard InChI is InChI=1S/C13H19N3O/c1-3-15(7-8-17)10-12-9-14-13-11(2)5-4-6-16(12)13/h4-6,9,17H,3,7-8,10H2,1-2H3. The van der Waals surface area contributed by atoms with Crippen molar-refractivity contribution < 1.29 is 5.11 Å². The first-order valence-corrected chi connectivity index (χ1v) is 6.01. The van der Waals surface area contributed by atoms with E-state index in [0.29, 0.717) is 6.54 Å². The van der Waals surface area contributed by atoms with E-state index >= 15 is 0 Å². The quantitative estimate of drug-likeness (QED) is 0.850. The molecular formula is C13H19N3O.